The molecular weight excluding hydrogens is 505 g/mol. The summed E-state index contributed by atoms with van der Waals surface area (Å²) in [6, 6.07) is 0. The summed E-state index contributed by atoms with van der Waals surface area (Å²) < 4.78 is 48.7. The summed E-state index contributed by atoms with van der Waals surface area (Å²) in [4.78, 5) is 58.5. The van der Waals surface area contributed by atoms with Gasteiger partial charge in [0.2, 0.25) is 5.95 Å². The summed E-state index contributed by atoms with van der Waals surface area (Å²) in [7, 11) is -16.2. The highest BCUT2D eigenvalue weighted by Gasteiger charge is 2.46. The monoisotopic (exact) mass is 522 g/mol. The van der Waals surface area contributed by atoms with E-state index in [0.717, 1.165) is 15.8 Å². The Labute approximate surface area is 176 Å². The molecule has 19 nitrogen and oxygen atoms in total. The Morgan fingerprint density at radius 1 is 1.22 bits per heavy atom. The maximum absolute atomic E-state index is 11.9. The zero-order valence-electron chi connectivity index (χ0n) is 15.4. The van der Waals surface area contributed by atoms with Crippen molar-refractivity contribution >= 4 is 40.4 Å². The Morgan fingerprint density at radius 2 is 1.88 bits per heavy atom. The van der Waals surface area contributed by atoms with Gasteiger partial charge in [0.15, 0.2) is 17.4 Å². The number of fused-ring (bicyclic) bond motifs is 1. The maximum Gasteiger partial charge on any atom is 0.480 e. The van der Waals surface area contributed by atoms with Crippen LogP contribution in [-0.2, 0) is 27.3 Å². The first kappa shape index (κ1) is 25.1. The summed E-state index contributed by atoms with van der Waals surface area (Å²) in [5, 5.41) is 20.4. The minimum absolute atomic E-state index is 0.107. The number of rotatable bonds is 8. The van der Waals surface area contributed by atoms with Gasteiger partial charge in [-0.2, -0.15) is 9.29 Å². The van der Waals surface area contributed by atoms with E-state index in [1.54, 1.807) is 0 Å². The van der Waals surface area contributed by atoms with Gasteiger partial charge in [-0.3, -0.25) is 18.9 Å². The highest BCUT2D eigenvalue weighted by atomic mass is 31.3. The predicted octanol–water partition coefficient (Wildman–Crippen LogP) is -2.76. The van der Waals surface area contributed by atoms with Crippen molar-refractivity contribution in [3.63, 3.8) is 0 Å². The number of aromatic amines is 1. The zero-order valence-corrected chi connectivity index (χ0v) is 18.1. The zero-order chi connectivity index (χ0) is 24.1. The molecular formula is C10H17N6O13P3. The number of aliphatic hydroxyl groups is 2. The molecule has 10 N–H and O–H groups in total. The normalized spacial score (nSPS) is 27.9. The van der Waals surface area contributed by atoms with Gasteiger partial charge in [-0.05, 0) is 0 Å². The molecule has 0 radical (unpaired) electrons. The van der Waals surface area contributed by atoms with Crippen molar-refractivity contribution in [3.05, 3.63) is 16.7 Å². The smallest absolute Gasteiger partial charge is 0.387 e. The number of imidazole rings is 1. The number of H-pyrrole nitrogens is 1. The van der Waals surface area contributed by atoms with Crippen LogP contribution < -0.4 is 16.2 Å². The molecule has 1 aliphatic heterocycles. The number of hydrogen-bond acceptors (Lipinski definition) is 12. The first-order valence-corrected chi connectivity index (χ1v) is 12.9. The van der Waals surface area contributed by atoms with Gasteiger partial charge in [0, 0.05) is 0 Å². The van der Waals surface area contributed by atoms with E-state index in [-0.39, 0.29) is 17.1 Å². The molecule has 2 aromatic heterocycles. The number of anilines is 1. The van der Waals surface area contributed by atoms with E-state index in [9.17, 15) is 38.5 Å². The molecule has 1 fully saturated rings. The number of hydrogen-bond donors (Lipinski definition) is 9. The summed E-state index contributed by atoms with van der Waals surface area (Å²) >= 11 is 0. The van der Waals surface area contributed by atoms with Gasteiger partial charge in [0.25, 0.3) is 5.56 Å². The van der Waals surface area contributed by atoms with Crippen LogP contribution in [0.25, 0.3) is 11.2 Å². The predicted molar refractivity (Wildman–Crippen MR) is 100 cm³/mol. The molecule has 0 amide bonds. The maximum atomic E-state index is 11.9. The molecule has 3 unspecified atom stereocenters. The molecule has 32 heavy (non-hydrogen) atoms. The summed E-state index contributed by atoms with van der Waals surface area (Å²) in [5.41, 5.74) is 4.52. The standard InChI is InChI=1S/C10H17N6O13P3/c11-10-13-7-4(8(19)14-10)12-2-16(7)9-6(18)5(17)3(28-9)1-27-32(25,26)29-31(23,24)15-30(20,21)22/h2-3,5-6,9,17-18H,1H2,(H,25,26)(H3,11,13,14,19)(H4,15,20,21,22,23,24)/t3-,5-,6?,9-/m1/s1. The number of nitrogens with one attached hydrogen (secondary N) is 2. The third-order valence-electron chi connectivity index (χ3n) is 3.93. The van der Waals surface area contributed by atoms with E-state index in [2.05, 4.69) is 23.8 Å². The minimum atomic E-state index is -5.48. The van der Waals surface area contributed by atoms with Crippen LogP contribution in [0, 0.1) is 0 Å². The number of nitrogens with zero attached hydrogens (tertiary/aromatic N) is 3. The Morgan fingerprint density at radius 3 is 2.50 bits per heavy atom. The molecule has 0 spiro atoms. The lowest BCUT2D eigenvalue weighted by Crippen LogP contribution is -2.33. The van der Waals surface area contributed by atoms with E-state index >= 15 is 0 Å². The second-order valence-electron chi connectivity index (χ2n) is 6.33. The van der Waals surface area contributed by atoms with Crippen LogP contribution in [0.5, 0.6) is 0 Å². The minimum Gasteiger partial charge on any atom is -0.387 e. The largest absolute Gasteiger partial charge is 0.480 e. The second kappa shape index (κ2) is 8.66. The molecule has 0 aliphatic carbocycles. The number of aliphatic hydroxyl groups excluding tert-OH is 2. The Kier molecular flexibility index (Phi) is 6.78. The first-order chi connectivity index (χ1) is 14.6. The highest BCUT2D eigenvalue weighted by molar-refractivity contribution is 7.70. The molecule has 0 bridgehead atoms. The van der Waals surface area contributed by atoms with Crippen LogP contribution in [0.15, 0.2) is 11.1 Å². The molecule has 6 atom stereocenters. The van der Waals surface area contributed by atoms with E-state index in [4.69, 9.17) is 20.3 Å². The topological polar surface area (TPSA) is 302 Å². The van der Waals surface area contributed by atoms with Gasteiger partial charge in [-0.1, -0.05) is 0 Å². The molecule has 3 heterocycles. The lowest BCUT2D eigenvalue weighted by atomic mass is 10.1. The van der Waals surface area contributed by atoms with Crippen LogP contribution in [0.3, 0.4) is 0 Å². The summed E-state index contributed by atoms with van der Waals surface area (Å²) in [6.45, 7) is -0.985. The van der Waals surface area contributed by atoms with Gasteiger partial charge in [0.1, 0.15) is 18.3 Å². The molecule has 1 aliphatic rings. The van der Waals surface area contributed by atoms with E-state index < -0.39 is 60.0 Å². The fourth-order valence-corrected chi connectivity index (χ4v) is 6.17. The number of nitrogens with two attached hydrogens (primary N) is 1. The Hall–Kier alpha value is -1.56. The second-order valence-corrected chi connectivity index (χ2v) is 11.1. The molecule has 22 heteroatoms. The summed E-state index contributed by atoms with van der Waals surface area (Å²) in [5.74, 6) is -0.270. The van der Waals surface area contributed by atoms with E-state index in [0.29, 0.717) is 0 Å². The van der Waals surface area contributed by atoms with E-state index in [1.807, 2.05) is 0 Å². The molecule has 0 aromatic carbocycles. The van der Waals surface area contributed by atoms with Crippen molar-refractivity contribution in [1.29, 1.82) is 0 Å². The molecule has 0 saturated carbocycles. The quantitative estimate of drug-likeness (QED) is 0.159. The van der Waals surface area contributed by atoms with Crippen LogP contribution in [-0.4, -0.2) is 74.2 Å². The lowest BCUT2D eigenvalue weighted by Gasteiger charge is -2.19. The number of aromatic nitrogens is 4. The lowest BCUT2D eigenvalue weighted by molar-refractivity contribution is -0.0501. The van der Waals surface area contributed by atoms with E-state index in [1.165, 1.54) is 0 Å². The summed E-state index contributed by atoms with van der Waals surface area (Å²) in [6.07, 6.45) is -5.26. The Bertz CT molecular complexity index is 1210. The SMILES string of the molecule is Nc1nc2c(ncn2[C@@H]2O[C@H](COP(=O)(O)OP(=O)(O)NP(=O)(O)O)[C@@H](O)C2O)c(=O)[nH]1. The van der Waals surface area contributed by atoms with Crippen LogP contribution in [0.4, 0.5) is 5.95 Å². The van der Waals surface area contributed by atoms with Crippen molar-refractivity contribution in [1.82, 2.24) is 24.4 Å². The van der Waals surface area contributed by atoms with Crippen molar-refractivity contribution in [2.24, 2.45) is 0 Å². The average molecular weight is 522 g/mol. The Balaban J connectivity index is 1.72. The van der Waals surface area contributed by atoms with Crippen molar-refractivity contribution < 1.29 is 57.1 Å². The third kappa shape index (κ3) is 5.67. The van der Waals surface area contributed by atoms with Crippen LogP contribution in [0.1, 0.15) is 6.23 Å². The third-order valence-corrected chi connectivity index (χ3v) is 8.17. The number of nitrogen functional groups attached to an aromatic ring is 1. The van der Waals surface area contributed by atoms with Crippen LogP contribution >= 0.6 is 23.3 Å². The van der Waals surface area contributed by atoms with Gasteiger partial charge in [-0.15, -0.1) is 4.86 Å². The van der Waals surface area contributed by atoms with Gasteiger partial charge in [-0.25, -0.2) is 18.7 Å². The molecule has 1 saturated heterocycles. The number of ether oxygens (including phenoxy) is 1. The van der Waals surface area contributed by atoms with Gasteiger partial charge < -0.3 is 40.3 Å². The highest BCUT2D eigenvalue weighted by Crippen LogP contribution is 2.61. The van der Waals surface area contributed by atoms with Gasteiger partial charge in [0.05, 0.1) is 12.9 Å². The van der Waals surface area contributed by atoms with Crippen LogP contribution in [0.2, 0.25) is 0 Å². The molecule has 3 rings (SSSR count). The molecule has 180 valence electrons. The number of phosphoric acid groups is 1. The fraction of sp³-hybridized carbons (Fsp3) is 0.500. The molecule has 2 aromatic rings. The average Bonchev–Trinajstić information content (AvgIpc) is 3.12. The first-order valence-electron chi connectivity index (χ1n) is 8.19. The number of phosphoric ester groups is 1. The fourth-order valence-electron chi connectivity index (χ4n) is 2.74. The van der Waals surface area contributed by atoms with Gasteiger partial charge >= 0.3 is 23.3 Å². The van der Waals surface area contributed by atoms with Crippen molar-refractivity contribution in [2.45, 2.75) is 24.5 Å². The van der Waals surface area contributed by atoms with Crippen molar-refractivity contribution in [3.8, 4) is 0 Å². The van der Waals surface area contributed by atoms with Crippen molar-refractivity contribution in [2.75, 3.05) is 12.3 Å².